The molecule has 5 heteroatoms. The molecule has 0 radical (unpaired) electrons. The van der Waals surface area contributed by atoms with Crippen molar-refractivity contribution in [3.05, 3.63) is 65.0 Å². The van der Waals surface area contributed by atoms with Crippen LogP contribution in [0.15, 0.2) is 53.9 Å². The fourth-order valence-corrected chi connectivity index (χ4v) is 3.59. The fourth-order valence-electron chi connectivity index (χ4n) is 2.80. The summed E-state index contributed by atoms with van der Waals surface area (Å²) >= 11 is 1.58. The van der Waals surface area contributed by atoms with E-state index >= 15 is 0 Å². The summed E-state index contributed by atoms with van der Waals surface area (Å²) in [6.45, 7) is 5.08. The third-order valence-corrected chi connectivity index (χ3v) is 5.08. The Bertz CT molecular complexity index is 887. The summed E-state index contributed by atoms with van der Waals surface area (Å²) in [4.78, 5) is 17.1. The van der Waals surface area contributed by atoms with Crippen molar-refractivity contribution in [2.45, 2.75) is 33.1 Å². The highest BCUT2D eigenvalue weighted by atomic mass is 32.1. The van der Waals surface area contributed by atoms with E-state index in [4.69, 9.17) is 0 Å². The Labute approximate surface area is 164 Å². The molecular formula is C22H25N3OS. The minimum Gasteiger partial charge on any atom is -0.362 e. The van der Waals surface area contributed by atoms with Crippen molar-refractivity contribution in [3.8, 4) is 11.3 Å². The van der Waals surface area contributed by atoms with Crippen LogP contribution >= 0.6 is 11.3 Å². The zero-order valence-corrected chi connectivity index (χ0v) is 16.6. The van der Waals surface area contributed by atoms with Gasteiger partial charge in [0.2, 0.25) is 0 Å². The van der Waals surface area contributed by atoms with Crippen molar-refractivity contribution in [1.82, 2.24) is 4.98 Å². The summed E-state index contributed by atoms with van der Waals surface area (Å²) in [6.07, 6.45) is 3.40. The molecule has 2 aromatic carbocycles. The van der Waals surface area contributed by atoms with Crippen LogP contribution in [0.4, 0.5) is 10.8 Å². The van der Waals surface area contributed by atoms with Crippen LogP contribution in [0.25, 0.3) is 11.3 Å². The van der Waals surface area contributed by atoms with Crippen LogP contribution in [0.3, 0.4) is 0 Å². The van der Waals surface area contributed by atoms with Crippen molar-refractivity contribution in [2.24, 2.45) is 0 Å². The summed E-state index contributed by atoms with van der Waals surface area (Å²) in [5, 5.41) is 9.13. The first kappa shape index (κ1) is 19.1. The minimum absolute atomic E-state index is 0.0965. The van der Waals surface area contributed by atoms with Crippen LogP contribution in [0.2, 0.25) is 0 Å². The van der Waals surface area contributed by atoms with Crippen molar-refractivity contribution < 1.29 is 4.79 Å². The lowest BCUT2D eigenvalue weighted by molar-refractivity contribution is 0.102. The van der Waals surface area contributed by atoms with E-state index in [2.05, 4.69) is 22.5 Å². The Morgan fingerprint density at radius 3 is 2.67 bits per heavy atom. The average molecular weight is 380 g/mol. The van der Waals surface area contributed by atoms with E-state index in [0.29, 0.717) is 5.56 Å². The Morgan fingerprint density at radius 2 is 1.93 bits per heavy atom. The van der Waals surface area contributed by atoms with E-state index in [9.17, 15) is 4.79 Å². The molecule has 0 aliphatic rings. The van der Waals surface area contributed by atoms with E-state index in [0.717, 1.165) is 35.0 Å². The molecule has 0 saturated heterocycles. The number of hydrogen-bond acceptors (Lipinski definition) is 4. The maximum Gasteiger partial charge on any atom is 0.255 e. The van der Waals surface area contributed by atoms with Gasteiger partial charge in [-0.1, -0.05) is 37.6 Å². The third kappa shape index (κ3) is 5.17. The number of rotatable bonds is 8. The van der Waals surface area contributed by atoms with E-state index in [1.807, 2.05) is 60.8 Å². The zero-order valence-electron chi connectivity index (χ0n) is 15.8. The quantitative estimate of drug-likeness (QED) is 0.517. The van der Waals surface area contributed by atoms with Gasteiger partial charge in [-0.2, -0.15) is 0 Å². The SMILES string of the molecule is CCCCc1ccc(C(=O)Nc2cccc(-c3csc(NCC)n3)c2)cc1. The lowest BCUT2D eigenvalue weighted by Gasteiger charge is -2.08. The first-order valence-electron chi connectivity index (χ1n) is 9.39. The molecule has 140 valence electrons. The Hall–Kier alpha value is -2.66. The standard InChI is InChI=1S/C22H25N3OS/c1-3-5-7-16-10-12-17(13-11-16)21(26)24-19-9-6-8-18(14-19)20-15-27-22(25-20)23-4-2/h6,8-15H,3-5,7H2,1-2H3,(H,23,25)(H,24,26). The maximum atomic E-state index is 12.5. The second-order valence-corrected chi connectivity index (χ2v) is 7.26. The van der Waals surface area contributed by atoms with Crippen molar-refractivity contribution in [3.63, 3.8) is 0 Å². The van der Waals surface area contributed by atoms with Crippen molar-refractivity contribution in [2.75, 3.05) is 17.2 Å². The Kier molecular flexibility index (Phi) is 6.60. The predicted molar refractivity (Wildman–Crippen MR) is 115 cm³/mol. The number of unbranched alkanes of at least 4 members (excludes halogenated alkanes) is 1. The molecule has 4 nitrogen and oxygen atoms in total. The summed E-state index contributed by atoms with van der Waals surface area (Å²) < 4.78 is 0. The number of nitrogens with zero attached hydrogens (tertiary/aromatic N) is 1. The second-order valence-electron chi connectivity index (χ2n) is 6.40. The maximum absolute atomic E-state index is 12.5. The first-order valence-corrected chi connectivity index (χ1v) is 10.3. The number of hydrogen-bond donors (Lipinski definition) is 2. The van der Waals surface area contributed by atoms with Crippen molar-refractivity contribution in [1.29, 1.82) is 0 Å². The Morgan fingerprint density at radius 1 is 1.11 bits per heavy atom. The molecule has 0 unspecified atom stereocenters. The van der Waals surface area contributed by atoms with Gasteiger partial charge in [0.15, 0.2) is 5.13 Å². The molecule has 0 spiro atoms. The van der Waals surface area contributed by atoms with E-state index in [1.54, 1.807) is 11.3 Å². The van der Waals surface area contributed by atoms with Gasteiger partial charge >= 0.3 is 0 Å². The van der Waals surface area contributed by atoms with Gasteiger partial charge in [0, 0.05) is 28.7 Å². The van der Waals surface area contributed by atoms with Gasteiger partial charge in [-0.3, -0.25) is 4.79 Å². The molecule has 1 aromatic heterocycles. The van der Waals surface area contributed by atoms with Crippen LogP contribution in [0.1, 0.15) is 42.6 Å². The molecular weight excluding hydrogens is 354 g/mol. The van der Waals surface area contributed by atoms with Gasteiger partial charge in [-0.25, -0.2) is 4.98 Å². The second kappa shape index (κ2) is 9.33. The van der Waals surface area contributed by atoms with Gasteiger partial charge in [-0.05, 0) is 49.6 Å². The number of amides is 1. The molecule has 3 aromatic rings. The number of thiazole rings is 1. The monoisotopic (exact) mass is 379 g/mol. The van der Waals surface area contributed by atoms with Gasteiger partial charge in [0.1, 0.15) is 0 Å². The molecule has 1 heterocycles. The molecule has 2 N–H and O–H groups in total. The number of aryl methyl sites for hydroxylation is 1. The lowest BCUT2D eigenvalue weighted by atomic mass is 10.1. The van der Waals surface area contributed by atoms with Crippen LogP contribution in [0, 0.1) is 0 Å². The number of carbonyl (C=O) groups excluding carboxylic acids is 1. The number of anilines is 2. The molecule has 0 bridgehead atoms. The highest BCUT2D eigenvalue weighted by Crippen LogP contribution is 2.27. The lowest BCUT2D eigenvalue weighted by Crippen LogP contribution is -2.11. The van der Waals surface area contributed by atoms with E-state index in [-0.39, 0.29) is 5.91 Å². The molecule has 27 heavy (non-hydrogen) atoms. The molecule has 0 fully saturated rings. The number of benzene rings is 2. The molecule has 0 atom stereocenters. The summed E-state index contributed by atoms with van der Waals surface area (Å²) in [6, 6.07) is 15.7. The van der Waals surface area contributed by atoms with Gasteiger partial charge in [0.05, 0.1) is 5.69 Å². The van der Waals surface area contributed by atoms with E-state index in [1.165, 1.54) is 18.4 Å². The molecule has 0 aliphatic carbocycles. The molecule has 0 aliphatic heterocycles. The van der Waals surface area contributed by atoms with Gasteiger partial charge < -0.3 is 10.6 Å². The zero-order chi connectivity index (χ0) is 19.1. The number of aromatic nitrogens is 1. The molecule has 1 amide bonds. The highest BCUT2D eigenvalue weighted by Gasteiger charge is 2.09. The number of carbonyl (C=O) groups is 1. The first-order chi connectivity index (χ1) is 13.2. The van der Waals surface area contributed by atoms with Crippen LogP contribution < -0.4 is 10.6 Å². The Balaban J connectivity index is 1.69. The van der Waals surface area contributed by atoms with Gasteiger partial charge in [-0.15, -0.1) is 11.3 Å². The normalized spacial score (nSPS) is 10.6. The number of nitrogens with one attached hydrogen (secondary N) is 2. The average Bonchev–Trinajstić information content (AvgIpc) is 3.16. The smallest absolute Gasteiger partial charge is 0.255 e. The molecule has 3 rings (SSSR count). The molecule has 0 saturated carbocycles. The van der Waals surface area contributed by atoms with Crippen LogP contribution in [-0.4, -0.2) is 17.4 Å². The topological polar surface area (TPSA) is 54.0 Å². The van der Waals surface area contributed by atoms with Crippen molar-refractivity contribution >= 4 is 28.1 Å². The summed E-state index contributed by atoms with van der Waals surface area (Å²) in [7, 11) is 0. The predicted octanol–water partition coefficient (Wildman–Crippen LogP) is 5.84. The van der Waals surface area contributed by atoms with Gasteiger partial charge in [0.25, 0.3) is 5.91 Å². The van der Waals surface area contributed by atoms with E-state index < -0.39 is 0 Å². The minimum atomic E-state index is -0.0965. The van der Waals surface area contributed by atoms with Crippen LogP contribution in [-0.2, 0) is 6.42 Å². The highest BCUT2D eigenvalue weighted by molar-refractivity contribution is 7.14. The largest absolute Gasteiger partial charge is 0.362 e. The van der Waals surface area contributed by atoms with Crippen LogP contribution in [0.5, 0.6) is 0 Å². The summed E-state index contributed by atoms with van der Waals surface area (Å²) in [5.74, 6) is -0.0965. The fraction of sp³-hybridized carbons (Fsp3) is 0.273. The summed E-state index contributed by atoms with van der Waals surface area (Å²) in [5.41, 5.74) is 4.61. The third-order valence-electron chi connectivity index (χ3n) is 4.28.